The average Bonchev–Trinajstić information content (AvgIpc) is 3.45. The highest BCUT2D eigenvalue weighted by Crippen LogP contribution is 2.66. The molecule has 0 aromatic carbocycles. The molecule has 0 aromatic rings. The molecule has 7 atom stereocenters. The van der Waals surface area contributed by atoms with Crippen molar-refractivity contribution in [1.82, 2.24) is 15.5 Å². The highest BCUT2D eigenvalue weighted by Gasteiger charge is 2.58. The second-order valence-electron chi connectivity index (χ2n) is 15.4. The number of likely N-dealkylation sites (N-methyl/N-ethyl adjacent to an activating group) is 1. The first kappa shape index (κ1) is 39.6. The number of allylic oxidation sites excluding steroid dienone is 3. The third kappa shape index (κ3) is 9.80. The number of nitrogens with zero attached hydrogens (tertiary/aromatic N) is 1. The van der Waals surface area contributed by atoms with Crippen LogP contribution in [0.1, 0.15) is 127 Å². The Bertz CT molecular complexity index is 888. The molecule has 1 aliphatic heterocycles. The molecule has 0 spiro atoms. The zero-order chi connectivity index (χ0) is 31.6. The Morgan fingerprint density at radius 3 is 2.23 bits per heavy atom. The lowest BCUT2D eigenvalue weighted by molar-refractivity contribution is -0.0408. The molecule has 1 saturated heterocycles. The highest BCUT2D eigenvalue weighted by molar-refractivity contribution is 5.82. The fourth-order valence-corrected chi connectivity index (χ4v) is 9.51. The molecule has 4 aliphatic rings. The van der Waals surface area contributed by atoms with E-state index in [1.54, 1.807) is 11.8 Å². The molecule has 0 aromatic heterocycles. The van der Waals surface area contributed by atoms with Crippen LogP contribution in [0, 0.1) is 45.3 Å². The van der Waals surface area contributed by atoms with E-state index in [2.05, 4.69) is 83.2 Å². The SMILES string of the molecule is C.C=C/C=C1/CCC2C(CCC3(C)C(C(C)=N)CCC23)C1(C)CCC.C=CNCCN(C)C.CCCC1NCCC1(C)C. The quantitative estimate of drug-likeness (QED) is 0.173. The van der Waals surface area contributed by atoms with Crippen molar-refractivity contribution in [2.45, 2.75) is 133 Å². The van der Waals surface area contributed by atoms with Crippen molar-refractivity contribution in [3.63, 3.8) is 0 Å². The maximum atomic E-state index is 8.28. The summed E-state index contributed by atoms with van der Waals surface area (Å²) >= 11 is 0. The maximum Gasteiger partial charge on any atom is 0.0268 e. The molecule has 4 nitrogen and oxygen atoms in total. The second-order valence-corrected chi connectivity index (χ2v) is 15.4. The Kier molecular flexibility index (Phi) is 16.5. The molecule has 250 valence electrons. The van der Waals surface area contributed by atoms with Gasteiger partial charge in [0.05, 0.1) is 0 Å². The van der Waals surface area contributed by atoms with Crippen molar-refractivity contribution >= 4 is 5.71 Å². The number of rotatable bonds is 10. The molecule has 3 N–H and O–H groups in total. The van der Waals surface area contributed by atoms with Crippen molar-refractivity contribution in [1.29, 1.82) is 5.41 Å². The Morgan fingerprint density at radius 2 is 1.72 bits per heavy atom. The summed E-state index contributed by atoms with van der Waals surface area (Å²) in [6.45, 7) is 27.2. The Balaban J connectivity index is 0.000000402. The van der Waals surface area contributed by atoms with Gasteiger partial charge in [-0.3, -0.25) is 0 Å². The minimum Gasteiger partial charge on any atom is -0.390 e. The van der Waals surface area contributed by atoms with Crippen LogP contribution in [-0.2, 0) is 0 Å². The van der Waals surface area contributed by atoms with E-state index in [9.17, 15) is 0 Å². The van der Waals surface area contributed by atoms with E-state index in [0.717, 1.165) is 42.6 Å². The van der Waals surface area contributed by atoms with E-state index < -0.39 is 0 Å². The summed E-state index contributed by atoms with van der Waals surface area (Å²) in [6.07, 6.45) is 20.6. The van der Waals surface area contributed by atoms with Gasteiger partial charge in [-0.2, -0.15) is 0 Å². The normalized spacial score (nSPS) is 34.8. The molecule has 3 aliphatic carbocycles. The third-order valence-electron chi connectivity index (χ3n) is 11.9. The molecule has 7 unspecified atom stereocenters. The summed E-state index contributed by atoms with van der Waals surface area (Å²) in [4.78, 5) is 2.12. The Labute approximate surface area is 269 Å². The highest BCUT2D eigenvalue weighted by atomic mass is 15.1. The monoisotopic (exact) mass is 599 g/mol. The van der Waals surface area contributed by atoms with Crippen LogP contribution in [0.25, 0.3) is 0 Å². The molecule has 4 heteroatoms. The zero-order valence-electron chi connectivity index (χ0n) is 29.4. The molecule has 1 heterocycles. The van der Waals surface area contributed by atoms with Gasteiger partial charge in [-0.15, -0.1) is 0 Å². The molecule has 0 amide bonds. The predicted octanol–water partition coefficient (Wildman–Crippen LogP) is 9.89. The molecule has 4 fully saturated rings. The molecule has 3 saturated carbocycles. The van der Waals surface area contributed by atoms with Gasteiger partial charge < -0.3 is 20.9 Å². The number of hydrogen-bond acceptors (Lipinski definition) is 4. The summed E-state index contributed by atoms with van der Waals surface area (Å²) in [7, 11) is 4.09. The molecule has 0 radical (unpaired) electrons. The van der Waals surface area contributed by atoms with Crippen molar-refractivity contribution in [3.8, 4) is 0 Å². The number of nitrogens with one attached hydrogen (secondary N) is 3. The van der Waals surface area contributed by atoms with E-state index in [4.69, 9.17) is 5.41 Å². The van der Waals surface area contributed by atoms with Crippen LogP contribution in [0.15, 0.2) is 37.1 Å². The van der Waals surface area contributed by atoms with Gasteiger partial charge in [-0.05, 0) is 126 Å². The van der Waals surface area contributed by atoms with Gasteiger partial charge >= 0.3 is 0 Å². The van der Waals surface area contributed by atoms with Gasteiger partial charge in [0.2, 0.25) is 0 Å². The van der Waals surface area contributed by atoms with E-state index in [0.29, 0.717) is 22.2 Å². The first-order chi connectivity index (χ1) is 19.8. The van der Waals surface area contributed by atoms with Gasteiger partial charge in [0, 0.05) is 30.8 Å². The van der Waals surface area contributed by atoms with E-state index in [1.807, 2.05) is 20.2 Å². The summed E-state index contributed by atoms with van der Waals surface area (Å²) in [6, 6.07) is 0.775. The lowest BCUT2D eigenvalue weighted by atomic mass is 9.47. The fourth-order valence-electron chi connectivity index (χ4n) is 9.51. The topological polar surface area (TPSA) is 51.2 Å². The van der Waals surface area contributed by atoms with E-state index in [1.165, 1.54) is 77.2 Å². The van der Waals surface area contributed by atoms with Crippen LogP contribution in [0.2, 0.25) is 0 Å². The minimum absolute atomic E-state index is 0. The largest absolute Gasteiger partial charge is 0.390 e. The van der Waals surface area contributed by atoms with Crippen molar-refractivity contribution < 1.29 is 0 Å². The second kappa shape index (κ2) is 17.9. The fraction of sp³-hybridized carbons (Fsp3) is 0.821. The number of fused-ring (bicyclic) bond motifs is 3. The lowest BCUT2D eigenvalue weighted by Gasteiger charge is -2.57. The van der Waals surface area contributed by atoms with Crippen LogP contribution >= 0.6 is 0 Å². The smallest absolute Gasteiger partial charge is 0.0268 e. The van der Waals surface area contributed by atoms with Crippen molar-refractivity contribution in [3.05, 3.63) is 37.1 Å². The zero-order valence-corrected chi connectivity index (χ0v) is 29.4. The van der Waals surface area contributed by atoms with Gasteiger partial charge in [0.1, 0.15) is 0 Å². The summed E-state index contributed by atoms with van der Waals surface area (Å²) in [5.41, 5.74) is 3.95. The van der Waals surface area contributed by atoms with Crippen molar-refractivity contribution in [2.24, 2.45) is 39.9 Å². The Hall–Kier alpha value is -1.39. The van der Waals surface area contributed by atoms with Gasteiger partial charge in [-0.25, -0.2) is 0 Å². The third-order valence-corrected chi connectivity index (χ3v) is 11.9. The summed E-state index contributed by atoms with van der Waals surface area (Å²) < 4.78 is 0. The van der Waals surface area contributed by atoms with Gasteiger partial charge in [0.25, 0.3) is 0 Å². The van der Waals surface area contributed by atoms with E-state index >= 15 is 0 Å². The minimum atomic E-state index is 0. The predicted molar refractivity (Wildman–Crippen MR) is 193 cm³/mol. The summed E-state index contributed by atoms with van der Waals surface area (Å²) in [5.74, 6) is 3.13. The average molecular weight is 599 g/mol. The maximum absolute atomic E-state index is 8.28. The number of hydrogen-bond donors (Lipinski definition) is 3. The molecule has 4 rings (SSSR count). The molecular formula is C39H74N4. The van der Waals surface area contributed by atoms with Gasteiger partial charge in [-0.1, -0.05) is 92.7 Å². The first-order valence-corrected chi connectivity index (χ1v) is 17.4. The van der Waals surface area contributed by atoms with Crippen LogP contribution in [-0.4, -0.2) is 50.4 Å². The standard InChI is InChI=1S/C23H37N.C9H19N.C6H14N2.CH4/c1-6-8-17-9-10-18-20-12-11-19(16(3)24)23(20,5)15-13-21(18)22(17,4)14-7-2;1-4-5-8-9(2,3)6-7-10-8;1-4-7-5-6-8(2)3;/h6,8,18-21,24H,1,7,9-15H2,2-5H3;8,10H,4-7H2,1-3H3;4,7H,1,5-6H2,2-3H3;1H4/b17-8-,24-16?;;;. The first-order valence-electron chi connectivity index (χ1n) is 17.4. The van der Waals surface area contributed by atoms with Gasteiger partial charge in [0.15, 0.2) is 0 Å². The van der Waals surface area contributed by atoms with Crippen molar-refractivity contribution in [2.75, 3.05) is 33.7 Å². The van der Waals surface area contributed by atoms with Crippen LogP contribution in [0.5, 0.6) is 0 Å². The van der Waals surface area contributed by atoms with Crippen LogP contribution < -0.4 is 10.6 Å². The van der Waals surface area contributed by atoms with Crippen LogP contribution in [0.3, 0.4) is 0 Å². The molecular weight excluding hydrogens is 524 g/mol. The molecule has 43 heavy (non-hydrogen) atoms. The molecule has 0 bridgehead atoms. The van der Waals surface area contributed by atoms with Crippen LogP contribution in [0.4, 0.5) is 0 Å². The van der Waals surface area contributed by atoms with E-state index in [-0.39, 0.29) is 7.43 Å². The summed E-state index contributed by atoms with van der Waals surface area (Å²) in [5, 5.41) is 14.8. The Morgan fingerprint density at radius 1 is 1.02 bits per heavy atom. The lowest BCUT2D eigenvalue weighted by Crippen LogP contribution is -2.50.